The summed E-state index contributed by atoms with van der Waals surface area (Å²) in [4.78, 5) is 0.00872. The van der Waals surface area contributed by atoms with E-state index < -0.39 is 10.0 Å². The summed E-state index contributed by atoms with van der Waals surface area (Å²) in [5.74, 6) is -0.333. The van der Waals surface area contributed by atoms with Gasteiger partial charge in [-0.15, -0.1) is 0 Å². The van der Waals surface area contributed by atoms with Gasteiger partial charge in [0.15, 0.2) is 0 Å². The number of hydrogen-bond donors (Lipinski definition) is 2. The van der Waals surface area contributed by atoms with E-state index in [1.165, 1.54) is 18.2 Å². The quantitative estimate of drug-likeness (QED) is 0.863. The molecule has 0 bridgehead atoms. The van der Waals surface area contributed by atoms with Gasteiger partial charge in [-0.2, -0.15) is 0 Å². The van der Waals surface area contributed by atoms with E-state index in [9.17, 15) is 12.8 Å². The van der Waals surface area contributed by atoms with Gasteiger partial charge in [0.05, 0.1) is 10.9 Å². The van der Waals surface area contributed by atoms with Crippen molar-refractivity contribution in [2.75, 3.05) is 5.32 Å². The van der Waals surface area contributed by atoms with Gasteiger partial charge in [0.25, 0.3) is 0 Å². The molecule has 0 aromatic heterocycles. The summed E-state index contributed by atoms with van der Waals surface area (Å²) < 4.78 is 37.2. The number of benzene rings is 2. The predicted octanol–water partition coefficient (Wildman–Crippen LogP) is 3.41. The first kappa shape index (κ1) is 15.9. The molecule has 2 aromatic carbocycles. The first-order chi connectivity index (χ1) is 9.77. The van der Waals surface area contributed by atoms with Crippen molar-refractivity contribution in [3.8, 4) is 0 Å². The molecule has 0 amide bonds. The molecular weight excluding hydrogens is 359 g/mol. The molecule has 3 N–H and O–H groups in total. The molecule has 1 atom stereocenters. The highest BCUT2D eigenvalue weighted by Crippen LogP contribution is 2.25. The molecule has 4 nitrogen and oxygen atoms in total. The summed E-state index contributed by atoms with van der Waals surface area (Å²) in [6.07, 6.45) is 0. The number of anilines is 1. The van der Waals surface area contributed by atoms with Crippen LogP contribution in [-0.2, 0) is 10.0 Å². The Morgan fingerprint density at radius 1 is 1.24 bits per heavy atom. The number of halogens is 2. The van der Waals surface area contributed by atoms with Crippen LogP contribution in [0.2, 0.25) is 0 Å². The maximum absolute atomic E-state index is 13.8. The molecule has 0 radical (unpaired) electrons. The molecule has 7 heteroatoms. The Labute approximate surface area is 131 Å². The first-order valence-electron chi connectivity index (χ1n) is 6.12. The second kappa shape index (κ2) is 6.13. The molecule has 2 rings (SSSR count). The number of primary sulfonamides is 1. The van der Waals surface area contributed by atoms with Gasteiger partial charge in [-0.3, -0.25) is 0 Å². The summed E-state index contributed by atoms with van der Waals surface area (Å²) >= 11 is 3.30. The molecule has 0 heterocycles. The van der Waals surface area contributed by atoms with Crippen molar-refractivity contribution in [2.24, 2.45) is 5.14 Å². The molecule has 1 unspecified atom stereocenters. The fourth-order valence-electron chi connectivity index (χ4n) is 1.94. The zero-order valence-electron chi connectivity index (χ0n) is 11.2. The van der Waals surface area contributed by atoms with E-state index in [1.807, 2.05) is 0 Å². The standard InChI is InChI=1S/C14H14BrFN2O2S/c1-9(13-7-10(15)5-6-14(13)16)18-11-3-2-4-12(8-11)21(17,19)20/h2-9,18H,1H3,(H2,17,19,20). The lowest BCUT2D eigenvalue weighted by Crippen LogP contribution is -2.13. The third kappa shape index (κ3) is 4.03. The van der Waals surface area contributed by atoms with Crippen molar-refractivity contribution in [2.45, 2.75) is 17.9 Å². The second-order valence-electron chi connectivity index (χ2n) is 4.60. The van der Waals surface area contributed by atoms with Gasteiger partial charge in [-0.25, -0.2) is 17.9 Å². The number of hydrogen-bond acceptors (Lipinski definition) is 3. The minimum absolute atomic E-state index is 0.00872. The van der Waals surface area contributed by atoms with Gasteiger partial charge in [-0.1, -0.05) is 22.0 Å². The molecule has 0 aliphatic carbocycles. The molecule has 112 valence electrons. The number of nitrogens with one attached hydrogen (secondary N) is 1. The first-order valence-corrected chi connectivity index (χ1v) is 8.45. The second-order valence-corrected chi connectivity index (χ2v) is 7.08. The van der Waals surface area contributed by atoms with Gasteiger partial charge in [0.1, 0.15) is 5.82 Å². The van der Waals surface area contributed by atoms with Crippen LogP contribution in [0.4, 0.5) is 10.1 Å². The topological polar surface area (TPSA) is 72.2 Å². The van der Waals surface area contributed by atoms with Crippen LogP contribution >= 0.6 is 15.9 Å². The third-order valence-electron chi connectivity index (χ3n) is 2.97. The largest absolute Gasteiger partial charge is 0.378 e. The molecular formula is C14H14BrFN2O2S. The maximum atomic E-state index is 13.8. The molecule has 0 fully saturated rings. The Kier molecular flexibility index (Phi) is 4.65. The summed E-state index contributed by atoms with van der Waals surface area (Å²) in [6, 6.07) is 10.4. The van der Waals surface area contributed by atoms with Crippen molar-refractivity contribution in [3.05, 3.63) is 58.3 Å². The van der Waals surface area contributed by atoms with Crippen molar-refractivity contribution >= 4 is 31.6 Å². The van der Waals surface area contributed by atoms with Crippen LogP contribution in [0, 0.1) is 5.82 Å². The van der Waals surface area contributed by atoms with E-state index >= 15 is 0 Å². The minimum atomic E-state index is -3.76. The van der Waals surface area contributed by atoms with Gasteiger partial charge in [-0.05, 0) is 43.3 Å². The number of nitrogens with two attached hydrogens (primary N) is 1. The third-order valence-corrected chi connectivity index (χ3v) is 4.37. The molecule has 21 heavy (non-hydrogen) atoms. The van der Waals surface area contributed by atoms with Crippen LogP contribution in [0.25, 0.3) is 0 Å². The fourth-order valence-corrected chi connectivity index (χ4v) is 2.88. The van der Waals surface area contributed by atoms with Crippen LogP contribution in [0.5, 0.6) is 0 Å². The monoisotopic (exact) mass is 372 g/mol. The average molecular weight is 373 g/mol. The normalized spacial score (nSPS) is 13.0. The highest BCUT2D eigenvalue weighted by molar-refractivity contribution is 9.10. The maximum Gasteiger partial charge on any atom is 0.238 e. The number of rotatable bonds is 4. The molecule has 0 saturated carbocycles. The van der Waals surface area contributed by atoms with E-state index in [4.69, 9.17) is 5.14 Å². The van der Waals surface area contributed by atoms with Crippen LogP contribution < -0.4 is 10.5 Å². The number of sulfonamides is 1. The van der Waals surface area contributed by atoms with Crippen molar-refractivity contribution < 1.29 is 12.8 Å². The van der Waals surface area contributed by atoms with E-state index in [-0.39, 0.29) is 16.8 Å². The minimum Gasteiger partial charge on any atom is -0.378 e. The average Bonchev–Trinajstić information content (AvgIpc) is 2.41. The summed E-state index contributed by atoms with van der Waals surface area (Å²) in [6.45, 7) is 1.79. The summed E-state index contributed by atoms with van der Waals surface area (Å²) in [7, 11) is -3.76. The van der Waals surface area contributed by atoms with Crippen LogP contribution in [0.3, 0.4) is 0 Å². The highest BCUT2D eigenvalue weighted by Gasteiger charge is 2.13. The molecule has 0 aliphatic rings. The summed E-state index contributed by atoms with van der Waals surface area (Å²) in [5.41, 5.74) is 1.03. The van der Waals surface area contributed by atoms with E-state index in [0.29, 0.717) is 11.3 Å². The van der Waals surface area contributed by atoms with E-state index in [1.54, 1.807) is 31.2 Å². The highest BCUT2D eigenvalue weighted by atomic mass is 79.9. The Bertz CT molecular complexity index is 765. The Morgan fingerprint density at radius 3 is 2.62 bits per heavy atom. The lowest BCUT2D eigenvalue weighted by atomic mass is 10.1. The fraction of sp³-hybridized carbons (Fsp3) is 0.143. The van der Waals surface area contributed by atoms with Gasteiger partial charge in [0, 0.05) is 15.7 Å². The SMILES string of the molecule is CC(Nc1cccc(S(N)(=O)=O)c1)c1cc(Br)ccc1F. The summed E-state index contributed by atoms with van der Waals surface area (Å²) in [5, 5.41) is 8.15. The van der Waals surface area contributed by atoms with Gasteiger partial charge in [0.2, 0.25) is 10.0 Å². The van der Waals surface area contributed by atoms with Crippen molar-refractivity contribution in [1.29, 1.82) is 0 Å². The van der Waals surface area contributed by atoms with E-state index in [0.717, 1.165) is 4.47 Å². The molecule has 0 spiro atoms. The zero-order chi connectivity index (χ0) is 15.6. The van der Waals surface area contributed by atoms with Crippen LogP contribution in [-0.4, -0.2) is 8.42 Å². The van der Waals surface area contributed by atoms with Crippen LogP contribution in [0.1, 0.15) is 18.5 Å². The van der Waals surface area contributed by atoms with Gasteiger partial charge >= 0.3 is 0 Å². The Morgan fingerprint density at radius 2 is 1.95 bits per heavy atom. The smallest absolute Gasteiger partial charge is 0.238 e. The molecule has 0 aliphatic heterocycles. The molecule has 2 aromatic rings. The Hall–Kier alpha value is -1.44. The lowest BCUT2D eigenvalue weighted by Gasteiger charge is -2.17. The zero-order valence-corrected chi connectivity index (χ0v) is 13.6. The lowest BCUT2D eigenvalue weighted by molar-refractivity contribution is 0.596. The van der Waals surface area contributed by atoms with Crippen molar-refractivity contribution in [3.63, 3.8) is 0 Å². The van der Waals surface area contributed by atoms with E-state index in [2.05, 4.69) is 21.2 Å². The van der Waals surface area contributed by atoms with Crippen LogP contribution in [0.15, 0.2) is 51.8 Å². The van der Waals surface area contributed by atoms with Crippen molar-refractivity contribution in [1.82, 2.24) is 0 Å². The Balaban J connectivity index is 2.28. The molecule has 0 saturated heterocycles. The van der Waals surface area contributed by atoms with Gasteiger partial charge < -0.3 is 5.32 Å². The predicted molar refractivity (Wildman–Crippen MR) is 84.0 cm³/mol.